The molecule has 0 saturated heterocycles. The van der Waals surface area contributed by atoms with E-state index in [1.807, 2.05) is 31.4 Å². The highest BCUT2D eigenvalue weighted by Gasteiger charge is 2.19. The molecule has 0 radical (unpaired) electrons. The van der Waals surface area contributed by atoms with Crippen molar-refractivity contribution < 1.29 is 14.3 Å². The number of ether oxygens (including phenoxy) is 2. The van der Waals surface area contributed by atoms with Crippen molar-refractivity contribution in [2.24, 2.45) is 0 Å². The third kappa shape index (κ3) is 5.90. The topological polar surface area (TPSA) is 90.0 Å². The third-order valence-electron chi connectivity index (χ3n) is 4.74. The normalized spacial score (nSPS) is 12.3. The zero-order valence-corrected chi connectivity index (χ0v) is 20.2. The summed E-state index contributed by atoms with van der Waals surface area (Å²) in [6.07, 6.45) is 3.52. The number of rotatable bonds is 7. The summed E-state index contributed by atoms with van der Waals surface area (Å²) in [5.74, 6) is -0.300. The molecular weight excluding hydrogens is 408 g/mol. The molecule has 0 fully saturated rings. The van der Waals surface area contributed by atoms with E-state index in [1.165, 1.54) is 0 Å². The van der Waals surface area contributed by atoms with Gasteiger partial charge in [0, 0.05) is 31.7 Å². The predicted octanol–water partition coefficient (Wildman–Crippen LogP) is 4.65. The number of pyridine rings is 2. The Morgan fingerprint density at radius 1 is 1.16 bits per heavy atom. The monoisotopic (exact) mass is 438 g/mol. The van der Waals surface area contributed by atoms with Crippen LogP contribution in [0.5, 0.6) is 0 Å². The molecule has 0 aliphatic carbocycles. The van der Waals surface area contributed by atoms with Crippen molar-refractivity contribution >= 4 is 36.0 Å². The minimum atomic E-state index is -1.18. The van der Waals surface area contributed by atoms with E-state index in [0.29, 0.717) is 19.0 Å². The fourth-order valence-electron chi connectivity index (χ4n) is 3.27. The smallest absolute Gasteiger partial charge is 0.310 e. The molecule has 0 bridgehead atoms. The molecule has 8 heteroatoms. The van der Waals surface area contributed by atoms with Crippen LogP contribution in [0.1, 0.15) is 32.0 Å². The second-order valence-electron chi connectivity index (χ2n) is 9.95. The van der Waals surface area contributed by atoms with E-state index < -0.39 is 13.7 Å². The maximum atomic E-state index is 12.3. The minimum absolute atomic E-state index is 0.135. The minimum Gasteiger partial charge on any atom is -0.460 e. The lowest BCUT2D eigenvalue weighted by Crippen LogP contribution is -2.24. The van der Waals surface area contributed by atoms with Gasteiger partial charge >= 0.3 is 5.97 Å². The number of esters is 1. The van der Waals surface area contributed by atoms with Crippen molar-refractivity contribution in [1.29, 1.82) is 5.26 Å². The molecule has 0 amide bonds. The van der Waals surface area contributed by atoms with Crippen LogP contribution < -0.4 is 0 Å². The summed E-state index contributed by atoms with van der Waals surface area (Å²) < 4.78 is 13.4. The standard InChI is InChI=1S/C23H30N4O3Si/c1-23(2,3)30-21(28)10-16-9-19-18-11-17(12-24)25-14-20(18)27(22(19)26-13-16)15-29-7-8-31(4,5)6/h9,11,13-14H,7-8,10,15H2,1-6H3. The first-order chi connectivity index (χ1) is 14.5. The van der Waals surface area contributed by atoms with E-state index in [-0.39, 0.29) is 12.4 Å². The van der Waals surface area contributed by atoms with E-state index >= 15 is 0 Å². The van der Waals surface area contributed by atoms with Crippen molar-refractivity contribution in [1.82, 2.24) is 14.5 Å². The fourth-order valence-corrected chi connectivity index (χ4v) is 4.03. The van der Waals surface area contributed by atoms with Gasteiger partial charge in [0.1, 0.15) is 29.7 Å². The summed E-state index contributed by atoms with van der Waals surface area (Å²) in [7, 11) is -1.18. The van der Waals surface area contributed by atoms with E-state index in [0.717, 1.165) is 33.5 Å². The van der Waals surface area contributed by atoms with Crippen LogP contribution in [0.25, 0.3) is 21.9 Å². The van der Waals surface area contributed by atoms with Crippen LogP contribution in [0.15, 0.2) is 24.5 Å². The molecule has 0 saturated carbocycles. The maximum absolute atomic E-state index is 12.3. The van der Waals surface area contributed by atoms with Crippen molar-refractivity contribution in [3.63, 3.8) is 0 Å². The Balaban J connectivity index is 1.96. The predicted molar refractivity (Wildman–Crippen MR) is 123 cm³/mol. The van der Waals surface area contributed by atoms with Gasteiger partial charge in [-0.3, -0.25) is 9.36 Å². The van der Waals surface area contributed by atoms with Gasteiger partial charge in [-0.25, -0.2) is 9.97 Å². The number of hydrogen-bond acceptors (Lipinski definition) is 6. The molecule has 0 aliphatic heterocycles. The van der Waals surface area contributed by atoms with Gasteiger partial charge in [0.2, 0.25) is 0 Å². The van der Waals surface area contributed by atoms with Gasteiger partial charge in [-0.05, 0) is 44.5 Å². The van der Waals surface area contributed by atoms with Crippen molar-refractivity contribution in [2.45, 2.75) is 65.2 Å². The van der Waals surface area contributed by atoms with Crippen LogP contribution in [-0.2, 0) is 27.4 Å². The van der Waals surface area contributed by atoms with Crippen LogP contribution in [0.3, 0.4) is 0 Å². The highest BCUT2D eigenvalue weighted by atomic mass is 28.3. The summed E-state index contributed by atoms with van der Waals surface area (Å²) in [5.41, 5.74) is 2.15. The first-order valence-corrected chi connectivity index (χ1v) is 14.1. The number of carbonyl (C=O) groups is 1. The Kier molecular flexibility index (Phi) is 6.48. The van der Waals surface area contributed by atoms with E-state index in [4.69, 9.17) is 9.47 Å². The van der Waals surface area contributed by atoms with Crippen molar-refractivity contribution in [3.05, 3.63) is 35.8 Å². The second kappa shape index (κ2) is 8.77. The molecule has 3 aromatic rings. The van der Waals surface area contributed by atoms with Gasteiger partial charge in [0.05, 0.1) is 18.1 Å². The molecule has 0 unspecified atom stereocenters. The number of carbonyl (C=O) groups excluding carboxylic acids is 1. The summed E-state index contributed by atoms with van der Waals surface area (Å²) in [5, 5.41) is 11.0. The average Bonchev–Trinajstić information content (AvgIpc) is 2.95. The van der Waals surface area contributed by atoms with Crippen LogP contribution >= 0.6 is 0 Å². The number of hydrogen-bond donors (Lipinski definition) is 0. The summed E-state index contributed by atoms with van der Waals surface area (Å²) in [6, 6.07) is 6.87. The Morgan fingerprint density at radius 3 is 2.55 bits per heavy atom. The Labute approximate surface area is 184 Å². The van der Waals surface area contributed by atoms with Crippen LogP contribution in [0, 0.1) is 11.3 Å². The summed E-state index contributed by atoms with van der Waals surface area (Å²) in [6.45, 7) is 13.5. The molecule has 7 nitrogen and oxygen atoms in total. The average molecular weight is 439 g/mol. The van der Waals surface area contributed by atoms with Gasteiger partial charge in [-0.2, -0.15) is 5.26 Å². The molecular formula is C23H30N4O3Si. The first-order valence-electron chi connectivity index (χ1n) is 10.4. The molecule has 3 aromatic heterocycles. The van der Waals surface area contributed by atoms with E-state index in [2.05, 4.69) is 35.7 Å². The lowest BCUT2D eigenvalue weighted by Gasteiger charge is -2.19. The SMILES string of the molecule is CC(C)(C)OC(=O)Cc1cnc2c(c1)c1cc(C#N)ncc1n2COCC[Si](C)(C)C. The molecule has 0 N–H and O–H groups in total. The Hall–Kier alpha value is -2.76. The lowest BCUT2D eigenvalue weighted by atomic mass is 10.1. The number of aromatic nitrogens is 3. The number of fused-ring (bicyclic) bond motifs is 3. The van der Waals surface area contributed by atoms with Crippen LogP contribution in [0.4, 0.5) is 0 Å². The molecule has 0 spiro atoms. The number of nitrogens with zero attached hydrogens (tertiary/aromatic N) is 4. The lowest BCUT2D eigenvalue weighted by molar-refractivity contribution is -0.153. The van der Waals surface area contributed by atoms with Crippen molar-refractivity contribution in [2.75, 3.05) is 6.61 Å². The van der Waals surface area contributed by atoms with Gasteiger partial charge < -0.3 is 9.47 Å². The van der Waals surface area contributed by atoms with Crippen LogP contribution in [-0.4, -0.2) is 40.8 Å². The Bertz CT molecular complexity index is 1150. The zero-order valence-electron chi connectivity index (χ0n) is 19.2. The van der Waals surface area contributed by atoms with Gasteiger partial charge in [0.15, 0.2) is 0 Å². The quantitative estimate of drug-likeness (QED) is 0.303. The molecule has 0 aliphatic rings. The second-order valence-corrected chi connectivity index (χ2v) is 15.6. The van der Waals surface area contributed by atoms with Crippen molar-refractivity contribution in [3.8, 4) is 6.07 Å². The highest BCUT2D eigenvalue weighted by Crippen LogP contribution is 2.29. The zero-order chi connectivity index (χ0) is 22.8. The molecule has 3 rings (SSSR count). The maximum Gasteiger partial charge on any atom is 0.310 e. The molecule has 164 valence electrons. The highest BCUT2D eigenvalue weighted by molar-refractivity contribution is 6.76. The van der Waals surface area contributed by atoms with Gasteiger partial charge in [-0.1, -0.05) is 19.6 Å². The molecule has 31 heavy (non-hydrogen) atoms. The molecule has 3 heterocycles. The molecule has 0 atom stereocenters. The van der Waals surface area contributed by atoms with Gasteiger partial charge in [0.25, 0.3) is 0 Å². The molecule has 0 aromatic carbocycles. The van der Waals surface area contributed by atoms with E-state index in [9.17, 15) is 10.1 Å². The summed E-state index contributed by atoms with van der Waals surface area (Å²) >= 11 is 0. The third-order valence-corrected chi connectivity index (χ3v) is 6.45. The van der Waals surface area contributed by atoms with Gasteiger partial charge in [-0.15, -0.1) is 0 Å². The van der Waals surface area contributed by atoms with E-state index in [1.54, 1.807) is 18.5 Å². The number of nitriles is 1. The Morgan fingerprint density at radius 2 is 1.90 bits per heavy atom. The first kappa shape index (κ1) is 22.9. The van der Waals surface area contributed by atoms with Crippen LogP contribution in [0.2, 0.25) is 25.7 Å². The fraction of sp³-hybridized carbons (Fsp3) is 0.478. The largest absolute Gasteiger partial charge is 0.460 e. The summed E-state index contributed by atoms with van der Waals surface area (Å²) in [4.78, 5) is 21.1.